The van der Waals surface area contributed by atoms with Gasteiger partial charge >= 0.3 is 0 Å². The molecule has 0 aliphatic heterocycles. The summed E-state index contributed by atoms with van der Waals surface area (Å²) in [4.78, 5) is 15.7. The molecular formula is C16H18BrN3O. The number of benzene rings is 1. The van der Waals surface area contributed by atoms with Gasteiger partial charge in [-0.1, -0.05) is 22.9 Å². The maximum atomic E-state index is 11.5. The number of hydrogen-bond donors (Lipinski definition) is 2. The topological polar surface area (TPSA) is 54.0 Å². The van der Waals surface area contributed by atoms with E-state index in [1.807, 2.05) is 32.0 Å². The quantitative estimate of drug-likeness (QED) is 0.828. The first-order valence-electron chi connectivity index (χ1n) is 6.87. The van der Waals surface area contributed by atoms with Gasteiger partial charge in [0.25, 0.3) is 0 Å². The monoisotopic (exact) mass is 347 g/mol. The standard InChI is InChI=1S/C16H18BrN3O/c1-3-4-16(21)20-15-8-6-13(10-18-15)19-14-7-5-12(17)9-11(14)2/h5-10,19H,3-4H2,1-2H3,(H,18,20,21). The molecule has 0 unspecified atom stereocenters. The lowest BCUT2D eigenvalue weighted by molar-refractivity contribution is -0.116. The third kappa shape index (κ3) is 4.56. The fourth-order valence-corrected chi connectivity index (χ4v) is 2.37. The molecule has 2 N–H and O–H groups in total. The summed E-state index contributed by atoms with van der Waals surface area (Å²) in [5, 5.41) is 6.08. The summed E-state index contributed by atoms with van der Waals surface area (Å²) in [6.07, 6.45) is 3.05. The van der Waals surface area contributed by atoms with E-state index in [1.54, 1.807) is 12.3 Å². The Bertz CT molecular complexity index is 626. The second kappa shape index (κ2) is 7.22. The lowest BCUT2D eigenvalue weighted by Gasteiger charge is -2.10. The number of anilines is 3. The molecule has 1 aromatic heterocycles. The highest BCUT2D eigenvalue weighted by atomic mass is 79.9. The van der Waals surface area contributed by atoms with Gasteiger partial charge < -0.3 is 10.6 Å². The van der Waals surface area contributed by atoms with Gasteiger partial charge in [0.1, 0.15) is 5.82 Å². The zero-order valence-corrected chi connectivity index (χ0v) is 13.7. The molecule has 0 saturated heterocycles. The summed E-state index contributed by atoms with van der Waals surface area (Å²) in [5.41, 5.74) is 3.06. The van der Waals surface area contributed by atoms with E-state index in [0.29, 0.717) is 12.2 Å². The van der Waals surface area contributed by atoms with Crippen molar-refractivity contribution in [2.45, 2.75) is 26.7 Å². The van der Waals surface area contributed by atoms with Crippen molar-refractivity contribution in [3.8, 4) is 0 Å². The minimum atomic E-state index is -0.00513. The Morgan fingerprint density at radius 3 is 2.71 bits per heavy atom. The van der Waals surface area contributed by atoms with Crippen LogP contribution in [-0.4, -0.2) is 10.9 Å². The molecule has 4 nitrogen and oxygen atoms in total. The van der Waals surface area contributed by atoms with Gasteiger partial charge in [0, 0.05) is 16.6 Å². The zero-order valence-electron chi connectivity index (χ0n) is 12.1. The van der Waals surface area contributed by atoms with Crippen molar-refractivity contribution in [1.82, 2.24) is 4.98 Å². The summed E-state index contributed by atoms with van der Waals surface area (Å²) in [7, 11) is 0. The molecule has 1 amide bonds. The maximum Gasteiger partial charge on any atom is 0.225 e. The number of nitrogens with zero attached hydrogens (tertiary/aromatic N) is 1. The number of halogens is 1. The maximum absolute atomic E-state index is 11.5. The summed E-state index contributed by atoms with van der Waals surface area (Å²) in [5.74, 6) is 0.570. The van der Waals surface area contributed by atoms with Crippen molar-refractivity contribution < 1.29 is 4.79 Å². The van der Waals surface area contributed by atoms with E-state index < -0.39 is 0 Å². The number of aryl methyl sites for hydroxylation is 1. The first-order chi connectivity index (χ1) is 10.1. The molecule has 2 aromatic rings. The van der Waals surface area contributed by atoms with E-state index >= 15 is 0 Å². The van der Waals surface area contributed by atoms with Crippen LogP contribution >= 0.6 is 15.9 Å². The third-order valence-corrected chi connectivity index (χ3v) is 3.47. The van der Waals surface area contributed by atoms with Crippen molar-refractivity contribution in [2.75, 3.05) is 10.6 Å². The van der Waals surface area contributed by atoms with Crippen molar-refractivity contribution in [3.05, 3.63) is 46.6 Å². The molecule has 1 aromatic carbocycles. The second-order valence-corrected chi connectivity index (χ2v) is 5.73. The summed E-state index contributed by atoms with van der Waals surface area (Å²) in [6, 6.07) is 9.74. The molecule has 0 atom stereocenters. The molecule has 0 aliphatic carbocycles. The van der Waals surface area contributed by atoms with Crippen LogP contribution in [0.25, 0.3) is 0 Å². The largest absolute Gasteiger partial charge is 0.354 e. The molecule has 0 bridgehead atoms. The van der Waals surface area contributed by atoms with Gasteiger partial charge in [0.05, 0.1) is 11.9 Å². The Hall–Kier alpha value is -1.88. The highest BCUT2D eigenvalue weighted by Crippen LogP contribution is 2.23. The number of nitrogens with one attached hydrogen (secondary N) is 2. The van der Waals surface area contributed by atoms with Gasteiger partial charge in [-0.25, -0.2) is 4.98 Å². The van der Waals surface area contributed by atoms with Crippen LogP contribution in [0.2, 0.25) is 0 Å². The first-order valence-corrected chi connectivity index (χ1v) is 7.67. The number of carbonyl (C=O) groups is 1. The van der Waals surface area contributed by atoms with E-state index in [4.69, 9.17) is 0 Å². The number of amides is 1. The molecular weight excluding hydrogens is 330 g/mol. The van der Waals surface area contributed by atoms with Crippen molar-refractivity contribution >= 4 is 39.0 Å². The number of pyridine rings is 1. The molecule has 0 saturated carbocycles. The van der Waals surface area contributed by atoms with Crippen LogP contribution in [0.15, 0.2) is 41.0 Å². The molecule has 0 fully saturated rings. The van der Waals surface area contributed by atoms with E-state index in [1.165, 1.54) is 0 Å². The molecule has 110 valence electrons. The molecule has 0 spiro atoms. The van der Waals surface area contributed by atoms with Crippen LogP contribution in [-0.2, 0) is 4.79 Å². The van der Waals surface area contributed by atoms with Crippen LogP contribution in [0.3, 0.4) is 0 Å². The fraction of sp³-hybridized carbons (Fsp3) is 0.250. The van der Waals surface area contributed by atoms with E-state index in [2.05, 4.69) is 37.6 Å². The lowest BCUT2D eigenvalue weighted by Crippen LogP contribution is -2.11. The van der Waals surface area contributed by atoms with Gasteiger partial charge in [0.2, 0.25) is 5.91 Å². The summed E-state index contributed by atoms with van der Waals surface area (Å²) in [6.45, 7) is 4.01. The SMILES string of the molecule is CCCC(=O)Nc1ccc(Nc2ccc(Br)cc2C)cn1. The van der Waals surface area contributed by atoms with Crippen LogP contribution in [0.4, 0.5) is 17.2 Å². The number of aromatic nitrogens is 1. The second-order valence-electron chi connectivity index (χ2n) is 4.81. The van der Waals surface area contributed by atoms with Crippen LogP contribution in [0.1, 0.15) is 25.3 Å². The fourth-order valence-electron chi connectivity index (χ4n) is 1.90. The molecule has 1 heterocycles. The predicted molar refractivity (Wildman–Crippen MR) is 89.9 cm³/mol. The third-order valence-electron chi connectivity index (χ3n) is 2.98. The molecule has 21 heavy (non-hydrogen) atoms. The predicted octanol–water partition coefficient (Wildman–Crippen LogP) is 4.63. The van der Waals surface area contributed by atoms with Crippen LogP contribution < -0.4 is 10.6 Å². The van der Waals surface area contributed by atoms with E-state index in [0.717, 1.165) is 27.8 Å². The molecule has 0 radical (unpaired) electrons. The van der Waals surface area contributed by atoms with Crippen molar-refractivity contribution in [3.63, 3.8) is 0 Å². The minimum absolute atomic E-state index is 0.00513. The average Bonchev–Trinajstić information content (AvgIpc) is 2.44. The normalized spacial score (nSPS) is 10.2. The molecule has 2 rings (SSSR count). The Morgan fingerprint density at radius 1 is 1.29 bits per heavy atom. The van der Waals surface area contributed by atoms with Gasteiger partial charge in [-0.15, -0.1) is 0 Å². The Kier molecular flexibility index (Phi) is 5.33. The minimum Gasteiger partial charge on any atom is -0.354 e. The summed E-state index contributed by atoms with van der Waals surface area (Å²) < 4.78 is 1.05. The van der Waals surface area contributed by atoms with Gasteiger partial charge in [-0.3, -0.25) is 4.79 Å². The smallest absolute Gasteiger partial charge is 0.225 e. The lowest BCUT2D eigenvalue weighted by atomic mass is 10.2. The summed E-state index contributed by atoms with van der Waals surface area (Å²) >= 11 is 3.45. The number of hydrogen-bond acceptors (Lipinski definition) is 3. The van der Waals surface area contributed by atoms with E-state index in [9.17, 15) is 4.79 Å². The zero-order chi connectivity index (χ0) is 15.2. The first kappa shape index (κ1) is 15.5. The molecule has 5 heteroatoms. The van der Waals surface area contributed by atoms with Crippen molar-refractivity contribution in [1.29, 1.82) is 0 Å². The van der Waals surface area contributed by atoms with Crippen LogP contribution in [0, 0.1) is 6.92 Å². The highest BCUT2D eigenvalue weighted by molar-refractivity contribution is 9.10. The average molecular weight is 348 g/mol. The number of carbonyl (C=O) groups excluding carboxylic acids is 1. The van der Waals surface area contributed by atoms with Crippen molar-refractivity contribution in [2.24, 2.45) is 0 Å². The Labute approximate surface area is 133 Å². The van der Waals surface area contributed by atoms with Crippen LogP contribution in [0.5, 0.6) is 0 Å². The van der Waals surface area contributed by atoms with Gasteiger partial charge in [-0.05, 0) is 49.2 Å². The molecule has 0 aliphatic rings. The Balaban J connectivity index is 2.03. The van der Waals surface area contributed by atoms with E-state index in [-0.39, 0.29) is 5.91 Å². The van der Waals surface area contributed by atoms with Gasteiger partial charge in [-0.2, -0.15) is 0 Å². The number of rotatable bonds is 5. The van der Waals surface area contributed by atoms with Gasteiger partial charge in [0.15, 0.2) is 0 Å². The highest BCUT2D eigenvalue weighted by Gasteiger charge is 2.03. The Morgan fingerprint density at radius 2 is 2.10 bits per heavy atom.